The minimum absolute atomic E-state index is 0.253. The summed E-state index contributed by atoms with van der Waals surface area (Å²) in [5.41, 5.74) is -0.0534. The number of benzene rings is 1. The van der Waals surface area contributed by atoms with Crippen LogP contribution >= 0.6 is 27.3 Å². The first-order valence-corrected chi connectivity index (χ1v) is 7.18. The van der Waals surface area contributed by atoms with E-state index < -0.39 is 11.7 Å². The predicted molar refractivity (Wildman–Crippen MR) is 74.4 cm³/mol. The number of hydrogen-bond acceptors (Lipinski definition) is 2. The Morgan fingerprint density at radius 2 is 2.00 bits per heavy atom. The van der Waals surface area contributed by atoms with Gasteiger partial charge in [0.15, 0.2) is 0 Å². The summed E-state index contributed by atoms with van der Waals surface area (Å²) < 4.78 is 39.0. The van der Waals surface area contributed by atoms with Crippen molar-refractivity contribution in [1.82, 2.24) is 5.32 Å². The normalized spacial score (nSPS) is 13.5. The molecule has 0 spiro atoms. The fourth-order valence-electron chi connectivity index (χ4n) is 1.85. The number of hydrogen-bond donors (Lipinski definition) is 1. The molecule has 19 heavy (non-hydrogen) atoms. The SMILES string of the molecule is CNC(c1cccs1)c1cc(C(F)(F)F)ccc1Br. The average Bonchev–Trinajstić information content (AvgIpc) is 2.84. The summed E-state index contributed by atoms with van der Waals surface area (Å²) >= 11 is 4.83. The lowest BCUT2D eigenvalue weighted by atomic mass is 10.0. The van der Waals surface area contributed by atoms with Crippen LogP contribution in [0, 0.1) is 0 Å². The molecule has 0 saturated heterocycles. The highest BCUT2D eigenvalue weighted by atomic mass is 79.9. The maximum absolute atomic E-state index is 12.8. The largest absolute Gasteiger partial charge is 0.416 e. The van der Waals surface area contributed by atoms with Gasteiger partial charge >= 0.3 is 6.18 Å². The third-order valence-corrected chi connectivity index (χ3v) is 4.41. The van der Waals surface area contributed by atoms with Gasteiger partial charge in [0.25, 0.3) is 0 Å². The third kappa shape index (κ3) is 3.19. The lowest BCUT2D eigenvalue weighted by Gasteiger charge is -2.18. The van der Waals surface area contributed by atoms with Crippen LogP contribution in [0.25, 0.3) is 0 Å². The lowest BCUT2D eigenvalue weighted by Crippen LogP contribution is -2.18. The van der Waals surface area contributed by atoms with E-state index in [4.69, 9.17) is 0 Å². The predicted octanol–water partition coefficient (Wildman–Crippen LogP) is 4.84. The van der Waals surface area contributed by atoms with Gasteiger partial charge in [0.2, 0.25) is 0 Å². The second-order valence-electron chi connectivity index (χ2n) is 3.97. The molecule has 1 N–H and O–H groups in total. The van der Waals surface area contributed by atoms with Gasteiger partial charge < -0.3 is 5.32 Å². The van der Waals surface area contributed by atoms with Gasteiger partial charge in [0.1, 0.15) is 0 Å². The summed E-state index contributed by atoms with van der Waals surface area (Å²) in [7, 11) is 1.73. The molecule has 1 atom stereocenters. The molecule has 0 amide bonds. The van der Waals surface area contributed by atoms with E-state index in [1.54, 1.807) is 7.05 Å². The molecule has 0 saturated carbocycles. The molecule has 0 aliphatic heterocycles. The monoisotopic (exact) mass is 349 g/mol. The van der Waals surface area contributed by atoms with Gasteiger partial charge in [0, 0.05) is 9.35 Å². The fraction of sp³-hybridized carbons (Fsp3) is 0.231. The minimum atomic E-state index is -4.33. The van der Waals surface area contributed by atoms with Crippen molar-refractivity contribution in [2.24, 2.45) is 0 Å². The smallest absolute Gasteiger partial charge is 0.309 e. The molecular weight excluding hydrogens is 339 g/mol. The van der Waals surface area contributed by atoms with Crippen LogP contribution in [0.1, 0.15) is 22.0 Å². The van der Waals surface area contributed by atoms with Crippen molar-refractivity contribution >= 4 is 27.3 Å². The number of thiophene rings is 1. The fourth-order valence-corrected chi connectivity index (χ4v) is 3.18. The van der Waals surface area contributed by atoms with Gasteiger partial charge in [-0.25, -0.2) is 0 Å². The van der Waals surface area contributed by atoms with Crippen molar-refractivity contribution < 1.29 is 13.2 Å². The molecule has 102 valence electrons. The third-order valence-electron chi connectivity index (χ3n) is 2.75. The topological polar surface area (TPSA) is 12.0 Å². The highest BCUT2D eigenvalue weighted by Crippen LogP contribution is 2.36. The van der Waals surface area contributed by atoms with Gasteiger partial charge in [-0.15, -0.1) is 11.3 Å². The van der Waals surface area contributed by atoms with E-state index >= 15 is 0 Å². The van der Waals surface area contributed by atoms with Crippen molar-refractivity contribution in [3.63, 3.8) is 0 Å². The number of alkyl halides is 3. The van der Waals surface area contributed by atoms with Crippen LogP contribution in [0.15, 0.2) is 40.2 Å². The van der Waals surface area contributed by atoms with Gasteiger partial charge in [-0.1, -0.05) is 22.0 Å². The molecule has 1 aromatic carbocycles. The lowest BCUT2D eigenvalue weighted by molar-refractivity contribution is -0.137. The van der Waals surface area contributed by atoms with Crippen LogP contribution in [0.4, 0.5) is 13.2 Å². The quantitative estimate of drug-likeness (QED) is 0.835. The first-order chi connectivity index (χ1) is 8.93. The van der Waals surface area contributed by atoms with E-state index in [9.17, 15) is 13.2 Å². The van der Waals surface area contributed by atoms with Crippen molar-refractivity contribution in [3.05, 3.63) is 56.2 Å². The highest BCUT2D eigenvalue weighted by Gasteiger charge is 2.31. The van der Waals surface area contributed by atoms with Crippen molar-refractivity contribution in [1.29, 1.82) is 0 Å². The molecule has 1 nitrogen and oxygen atoms in total. The Hall–Kier alpha value is -0.850. The average molecular weight is 350 g/mol. The summed E-state index contributed by atoms with van der Waals surface area (Å²) in [5, 5.41) is 4.96. The molecule has 0 aliphatic rings. The number of nitrogens with one attached hydrogen (secondary N) is 1. The number of rotatable bonds is 3. The Balaban J connectivity index is 2.48. The summed E-state index contributed by atoms with van der Waals surface area (Å²) in [5.74, 6) is 0. The van der Waals surface area contributed by atoms with Crippen LogP contribution in [0.5, 0.6) is 0 Å². The van der Waals surface area contributed by atoms with Crippen LogP contribution in [-0.2, 0) is 6.18 Å². The first kappa shape index (κ1) is 14.6. The van der Waals surface area contributed by atoms with Crippen molar-refractivity contribution in [3.8, 4) is 0 Å². The molecule has 1 heterocycles. The second kappa shape index (κ2) is 5.64. The van der Waals surface area contributed by atoms with E-state index in [2.05, 4.69) is 21.2 Å². The molecule has 0 aliphatic carbocycles. The van der Waals surface area contributed by atoms with E-state index in [0.29, 0.717) is 10.0 Å². The zero-order chi connectivity index (χ0) is 14.0. The van der Waals surface area contributed by atoms with E-state index in [0.717, 1.165) is 10.9 Å². The standard InChI is InChI=1S/C13H11BrF3NS/c1-18-12(11-3-2-6-19-11)9-7-8(13(15,16)17)4-5-10(9)14/h2-7,12,18H,1H3. The first-order valence-electron chi connectivity index (χ1n) is 5.51. The molecule has 0 bridgehead atoms. The Morgan fingerprint density at radius 1 is 1.26 bits per heavy atom. The summed E-state index contributed by atoms with van der Waals surface area (Å²) in [6.07, 6.45) is -4.33. The van der Waals surface area contributed by atoms with Crippen LogP contribution in [0.2, 0.25) is 0 Å². The summed E-state index contributed by atoms with van der Waals surface area (Å²) in [4.78, 5) is 0.975. The van der Waals surface area contributed by atoms with Gasteiger partial charge in [0.05, 0.1) is 11.6 Å². The van der Waals surface area contributed by atoms with Crippen LogP contribution < -0.4 is 5.32 Å². The van der Waals surface area contributed by atoms with E-state index in [-0.39, 0.29) is 6.04 Å². The van der Waals surface area contributed by atoms with Gasteiger partial charge in [-0.05, 0) is 42.3 Å². The van der Waals surface area contributed by atoms with Gasteiger partial charge in [-0.2, -0.15) is 13.2 Å². The molecule has 2 rings (SSSR count). The Kier molecular flexibility index (Phi) is 4.32. The summed E-state index contributed by atoms with van der Waals surface area (Å²) in [6.45, 7) is 0. The molecule has 6 heteroatoms. The Bertz CT molecular complexity index is 552. The molecule has 0 fully saturated rings. The van der Waals surface area contributed by atoms with E-state index in [1.807, 2.05) is 17.5 Å². The molecule has 1 unspecified atom stereocenters. The molecular formula is C13H11BrF3NS. The Morgan fingerprint density at radius 3 is 2.53 bits per heavy atom. The molecule has 2 aromatic rings. The maximum Gasteiger partial charge on any atom is 0.416 e. The van der Waals surface area contributed by atoms with Crippen molar-refractivity contribution in [2.45, 2.75) is 12.2 Å². The van der Waals surface area contributed by atoms with Crippen LogP contribution in [0.3, 0.4) is 0 Å². The highest BCUT2D eigenvalue weighted by molar-refractivity contribution is 9.10. The van der Waals surface area contributed by atoms with Crippen molar-refractivity contribution in [2.75, 3.05) is 7.05 Å². The summed E-state index contributed by atoms with van der Waals surface area (Å²) in [6, 6.07) is 7.23. The second-order valence-corrected chi connectivity index (χ2v) is 5.80. The zero-order valence-corrected chi connectivity index (χ0v) is 12.4. The van der Waals surface area contributed by atoms with Gasteiger partial charge in [-0.3, -0.25) is 0 Å². The minimum Gasteiger partial charge on any atom is -0.309 e. The van der Waals surface area contributed by atoms with E-state index in [1.165, 1.54) is 23.5 Å². The maximum atomic E-state index is 12.8. The Labute approximate surface area is 121 Å². The molecule has 1 aromatic heterocycles. The molecule has 0 radical (unpaired) electrons. The number of halogens is 4. The van der Waals surface area contributed by atoms with Crippen LogP contribution in [-0.4, -0.2) is 7.05 Å². The zero-order valence-electron chi connectivity index (χ0n) is 9.96.